The van der Waals surface area contributed by atoms with Gasteiger partial charge in [-0.15, -0.1) is 0 Å². The Morgan fingerprint density at radius 2 is 1.69 bits per heavy atom. The number of hydrogen-bond acceptors (Lipinski definition) is 5. The Morgan fingerprint density at radius 3 is 2.38 bits per heavy atom. The first kappa shape index (κ1) is 22.1. The lowest BCUT2D eigenvalue weighted by atomic mass is 10.2. The van der Waals surface area contributed by atoms with E-state index < -0.39 is 15.7 Å². The number of nitrogens with zero attached hydrogens (tertiary/aromatic N) is 2. The lowest BCUT2D eigenvalue weighted by Crippen LogP contribution is -2.30. The normalized spacial score (nSPS) is 11.3. The molecule has 2 aromatic heterocycles. The van der Waals surface area contributed by atoms with Gasteiger partial charge in [0, 0.05) is 16.2 Å². The van der Waals surface area contributed by atoms with Crippen LogP contribution in [0.2, 0.25) is 10.0 Å². The van der Waals surface area contributed by atoms with E-state index in [0.29, 0.717) is 15.9 Å². The molecule has 162 valence electrons. The summed E-state index contributed by atoms with van der Waals surface area (Å²) < 4.78 is 31.2. The molecule has 0 radical (unpaired) electrons. The summed E-state index contributed by atoms with van der Waals surface area (Å²) in [5, 5.41) is 0.600. The van der Waals surface area contributed by atoms with Crippen LogP contribution in [-0.2, 0) is 16.4 Å². The molecule has 9 heteroatoms. The Balaban J connectivity index is 1.67. The van der Waals surface area contributed by atoms with Crippen LogP contribution < -0.4 is 4.90 Å². The zero-order valence-corrected chi connectivity index (χ0v) is 18.8. The van der Waals surface area contributed by atoms with Gasteiger partial charge in [-0.25, -0.2) is 13.4 Å². The van der Waals surface area contributed by atoms with Crippen molar-refractivity contribution in [1.29, 1.82) is 0 Å². The van der Waals surface area contributed by atoms with Crippen LogP contribution >= 0.6 is 23.2 Å². The van der Waals surface area contributed by atoms with E-state index in [9.17, 15) is 13.2 Å². The standard InChI is InChI=1S/C23H16Cl2N2O4S/c24-17-7-9-19(10-8-17)32(29,30)22-12-11-20(31-22)23(28)27(21-6-1-2-13-26-21)15-16-4-3-5-18(25)14-16/h1-14H,15H2. The number of pyridine rings is 1. The maximum atomic E-state index is 13.3. The molecule has 1 amide bonds. The van der Waals surface area contributed by atoms with Crippen LogP contribution in [0.3, 0.4) is 0 Å². The molecule has 0 aliphatic rings. The lowest BCUT2D eigenvalue weighted by Gasteiger charge is -2.21. The number of benzene rings is 2. The van der Waals surface area contributed by atoms with Gasteiger partial charge in [-0.2, -0.15) is 0 Å². The number of hydrogen-bond donors (Lipinski definition) is 0. The molecule has 0 unspecified atom stereocenters. The monoisotopic (exact) mass is 486 g/mol. The van der Waals surface area contributed by atoms with Gasteiger partial charge in [-0.05, 0) is 66.2 Å². The van der Waals surface area contributed by atoms with Crippen LogP contribution in [-0.4, -0.2) is 19.3 Å². The first-order valence-corrected chi connectivity index (χ1v) is 11.7. The van der Waals surface area contributed by atoms with Crippen molar-refractivity contribution in [1.82, 2.24) is 4.98 Å². The van der Waals surface area contributed by atoms with Gasteiger partial charge in [0.2, 0.25) is 14.9 Å². The fourth-order valence-corrected chi connectivity index (χ4v) is 4.54. The molecule has 0 N–H and O–H groups in total. The Bertz CT molecular complexity index is 1350. The molecule has 6 nitrogen and oxygen atoms in total. The Morgan fingerprint density at radius 1 is 0.906 bits per heavy atom. The molecule has 0 spiro atoms. The van der Waals surface area contributed by atoms with Crippen molar-refractivity contribution in [2.24, 2.45) is 0 Å². The first-order chi connectivity index (χ1) is 15.3. The summed E-state index contributed by atoms with van der Waals surface area (Å²) in [7, 11) is -3.95. The highest BCUT2D eigenvalue weighted by molar-refractivity contribution is 7.91. The van der Waals surface area contributed by atoms with Crippen LogP contribution in [0, 0.1) is 0 Å². The summed E-state index contributed by atoms with van der Waals surface area (Å²) in [6, 6.07) is 20.5. The fraction of sp³-hybridized carbons (Fsp3) is 0.0435. The predicted molar refractivity (Wildman–Crippen MR) is 122 cm³/mol. The van der Waals surface area contributed by atoms with Crippen LogP contribution in [0.25, 0.3) is 0 Å². The summed E-state index contributed by atoms with van der Waals surface area (Å²) in [5.41, 5.74) is 0.775. The van der Waals surface area contributed by atoms with Crippen molar-refractivity contribution in [2.75, 3.05) is 4.90 Å². The second kappa shape index (κ2) is 9.16. The molecule has 2 aromatic carbocycles. The number of anilines is 1. The third kappa shape index (κ3) is 4.70. The van der Waals surface area contributed by atoms with Gasteiger partial charge in [0.1, 0.15) is 5.82 Å². The highest BCUT2D eigenvalue weighted by atomic mass is 35.5. The number of halogens is 2. The van der Waals surface area contributed by atoms with Gasteiger partial charge >= 0.3 is 0 Å². The maximum absolute atomic E-state index is 13.3. The maximum Gasteiger partial charge on any atom is 0.295 e. The van der Waals surface area contributed by atoms with Gasteiger partial charge < -0.3 is 4.42 Å². The SMILES string of the molecule is O=C(c1ccc(S(=O)(=O)c2ccc(Cl)cc2)o1)N(Cc1cccc(Cl)c1)c1ccccn1. The van der Waals surface area contributed by atoms with E-state index in [1.54, 1.807) is 42.6 Å². The summed E-state index contributed by atoms with van der Waals surface area (Å²) in [5.74, 6) is -0.289. The molecule has 32 heavy (non-hydrogen) atoms. The first-order valence-electron chi connectivity index (χ1n) is 9.42. The van der Waals surface area contributed by atoms with Crippen molar-refractivity contribution in [2.45, 2.75) is 16.5 Å². The van der Waals surface area contributed by atoms with E-state index in [1.165, 1.54) is 41.3 Å². The minimum absolute atomic E-state index is 0.00996. The smallest absolute Gasteiger partial charge is 0.295 e. The van der Waals surface area contributed by atoms with E-state index in [2.05, 4.69) is 4.98 Å². The van der Waals surface area contributed by atoms with Crippen molar-refractivity contribution in [3.8, 4) is 0 Å². The number of carbonyl (C=O) groups excluding carboxylic acids is 1. The van der Waals surface area contributed by atoms with Crippen LogP contribution in [0.4, 0.5) is 5.82 Å². The topological polar surface area (TPSA) is 80.5 Å². The number of amides is 1. The molecular formula is C23H16Cl2N2O4S. The molecule has 2 heterocycles. The quantitative estimate of drug-likeness (QED) is 0.351. The molecule has 4 rings (SSSR count). The Kier molecular flexibility index (Phi) is 6.32. The summed E-state index contributed by atoms with van der Waals surface area (Å²) in [6.07, 6.45) is 1.56. The number of furan rings is 1. The van der Waals surface area contributed by atoms with Crippen molar-refractivity contribution in [3.63, 3.8) is 0 Å². The molecule has 0 bridgehead atoms. The molecule has 4 aromatic rings. The van der Waals surface area contributed by atoms with Gasteiger partial charge in [0.05, 0.1) is 11.4 Å². The second-order valence-corrected chi connectivity index (χ2v) is 9.54. The predicted octanol–water partition coefficient (Wildman–Crippen LogP) is 5.66. The fourth-order valence-electron chi connectivity index (χ4n) is 3.03. The molecule has 0 saturated carbocycles. The minimum Gasteiger partial charge on any atom is -0.439 e. The van der Waals surface area contributed by atoms with Gasteiger partial charge in [0.15, 0.2) is 5.76 Å². The average molecular weight is 487 g/mol. The largest absolute Gasteiger partial charge is 0.439 e. The van der Waals surface area contributed by atoms with Crippen molar-refractivity contribution in [3.05, 3.63) is 106 Å². The van der Waals surface area contributed by atoms with Crippen molar-refractivity contribution < 1.29 is 17.6 Å². The third-order valence-corrected chi connectivity index (χ3v) is 6.71. The van der Waals surface area contributed by atoms with Crippen LogP contribution in [0.15, 0.2) is 99.5 Å². The summed E-state index contributed by atoms with van der Waals surface area (Å²) >= 11 is 11.9. The van der Waals surface area contributed by atoms with Gasteiger partial charge in [-0.3, -0.25) is 9.69 Å². The lowest BCUT2D eigenvalue weighted by molar-refractivity contribution is 0.0952. The van der Waals surface area contributed by atoms with E-state index in [4.69, 9.17) is 27.6 Å². The third-order valence-electron chi connectivity index (χ3n) is 4.58. The molecule has 0 fully saturated rings. The summed E-state index contributed by atoms with van der Waals surface area (Å²) in [6.45, 7) is 0.163. The van der Waals surface area contributed by atoms with E-state index in [-0.39, 0.29) is 22.3 Å². The number of carbonyl (C=O) groups is 1. The highest BCUT2D eigenvalue weighted by Gasteiger charge is 2.27. The molecule has 0 aliphatic heterocycles. The number of rotatable bonds is 6. The zero-order valence-electron chi connectivity index (χ0n) is 16.5. The van der Waals surface area contributed by atoms with Crippen LogP contribution in [0.5, 0.6) is 0 Å². The van der Waals surface area contributed by atoms with Gasteiger partial charge in [-0.1, -0.05) is 41.4 Å². The van der Waals surface area contributed by atoms with Gasteiger partial charge in [0.25, 0.3) is 5.91 Å². The second-order valence-electron chi connectivity index (χ2n) is 6.79. The van der Waals surface area contributed by atoms with E-state index in [1.807, 2.05) is 6.07 Å². The highest BCUT2D eigenvalue weighted by Crippen LogP contribution is 2.26. The number of sulfone groups is 1. The van der Waals surface area contributed by atoms with E-state index >= 15 is 0 Å². The Labute approximate surface area is 194 Å². The average Bonchev–Trinajstić information content (AvgIpc) is 3.29. The van der Waals surface area contributed by atoms with Crippen molar-refractivity contribution >= 4 is 44.8 Å². The molecule has 0 atom stereocenters. The molecule has 0 aliphatic carbocycles. The summed E-state index contributed by atoms with van der Waals surface area (Å²) in [4.78, 5) is 19.0. The molecule has 0 saturated heterocycles. The zero-order chi connectivity index (χ0) is 22.7. The Hall–Kier alpha value is -3.13. The van der Waals surface area contributed by atoms with Crippen LogP contribution in [0.1, 0.15) is 16.1 Å². The van der Waals surface area contributed by atoms with E-state index in [0.717, 1.165) is 5.56 Å². The minimum atomic E-state index is -3.95. The molecular weight excluding hydrogens is 471 g/mol. The number of aromatic nitrogens is 1.